The molecule has 0 aliphatic rings. The standard InChI is InChI=1S/C46H30N2O/c1-4-16-31(17-5-1)47(32-18-6-2-7-19-32)41-28-15-29-42-45(41)44-36-24-11-10-22-34(36)39(30-43(44)49-42)38-26-14-25-37-35-23-12-13-27-40(35)48(46(37)38)33-20-8-3-9-21-33/h1-30H. The molecule has 0 amide bonds. The van der Waals surface area contributed by atoms with Crippen LogP contribution in [0.25, 0.3) is 71.3 Å². The van der Waals surface area contributed by atoms with Gasteiger partial charge in [-0.1, -0.05) is 121 Å². The van der Waals surface area contributed by atoms with Crippen molar-refractivity contribution in [3.63, 3.8) is 0 Å². The number of hydrogen-bond acceptors (Lipinski definition) is 2. The van der Waals surface area contributed by atoms with Gasteiger partial charge >= 0.3 is 0 Å². The number of fused-ring (bicyclic) bond motifs is 8. The van der Waals surface area contributed by atoms with Gasteiger partial charge in [-0.2, -0.15) is 0 Å². The van der Waals surface area contributed by atoms with Gasteiger partial charge < -0.3 is 13.9 Å². The molecule has 0 aliphatic carbocycles. The fourth-order valence-corrected chi connectivity index (χ4v) is 7.73. The second kappa shape index (κ2) is 11.0. The zero-order valence-electron chi connectivity index (χ0n) is 26.6. The van der Waals surface area contributed by atoms with Crippen LogP contribution < -0.4 is 4.90 Å². The van der Waals surface area contributed by atoms with E-state index in [1.165, 1.54) is 38.1 Å². The maximum Gasteiger partial charge on any atom is 0.137 e. The third-order valence-corrected chi connectivity index (χ3v) is 9.75. The summed E-state index contributed by atoms with van der Waals surface area (Å²) in [6.07, 6.45) is 0. The second-order valence-corrected chi connectivity index (χ2v) is 12.5. The monoisotopic (exact) mass is 626 g/mol. The molecule has 2 aromatic heterocycles. The number of nitrogens with zero attached hydrogens (tertiary/aromatic N) is 2. The van der Waals surface area contributed by atoms with E-state index < -0.39 is 0 Å². The predicted molar refractivity (Wildman–Crippen MR) is 206 cm³/mol. The van der Waals surface area contributed by atoms with Gasteiger partial charge in [-0.05, 0) is 77.0 Å². The van der Waals surface area contributed by atoms with Crippen molar-refractivity contribution in [3.05, 3.63) is 182 Å². The lowest BCUT2D eigenvalue weighted by atomic mass is 9.93. The number of benzene rings is 8. The molecule has 49 heavy (non-hydrogen) atoms. The van der Waals surface area contributed by atoms with Crippen LogP contribution in [0.1, 0.15) is 0 Å². The summed E-state index contributed by atoms with van der Waals surface area (Å²) < 4.78 is 9.25. The Balaban J connectivity index is 1.31. The summed E-state index contributed by atoms with van der Waals surface area (Å²) in [5, 5.41) is 7.05. The molecule has 2 heterocycles. The second-order valence-electron chi connectivity index (χ2n) is 12.5. The third-order valence-electron chi connectivity index (χ3n) is 9.75. The number of anilines is 3. The van der Waals surface area contributed by atoms with E-state index in [1.54, 1.807) is 0 Å². The Labute approximate surface area is 283 Å². The topological polar surface area (TPSA) is 21.3 Å². The average Bonchev–Trinajstić information content (AvgIpc) is 3.72. The minimum Gasteiger partial charge on any atom is -0.456 e. The fourth-order valence-electron chi connectivity index (χ4n) is 7.73. The molecule has 0 spiro atoms. The Hall–Kier alpha value is -6.58. The molecule has 0 bridgehead atoms. The largest absolute Gasteiger partial charge is 0.456 e. The fraction of sp³-hybridized carbons (Fsp3) is 0. The first-order chi connectivity index (χ1) is 24.3. The van der Waals surface area contributed by atoms with Crippen molar-refractivity contribution in [2.24, 2.45) is 0 Å². The van der Waals surface area contributed by atoms with Crippen LogP contribution in [0.5, 0.6) is 0 Å². The minimum atomic E-state index is 0.864. The number of rotatable bonds is 5. The van der Waals surface area contributed by atoms with Crippen molar-refractivity contribution >= 4 is 71.6 Å². The van der Waals surface area contributed by atoms with Crippen LogP contribution in [0.2, 0.25) is 0 Å². The summed E-state index contributed by atoms with van der Waals surface area (Å²) in [6, 6.07) is 64.7. The predicted octanol–water partition coefficient (Wildman–Crippen LogP) is 13.0. The highest BCUT2D eigenvalue weighted by Gasteiger charge is 2.23. The summed E-state index contributed by atoms with van der Waals surface area (Å²) in [4.78, 5) is 2.33. The Morgan fingerprint density at radius 1 is 0.408 bits per heavy atom. The molecule has 0 radical (unpaired) electrons. The van der Waals surface area contributed by atoms with Crippen molar-refractivity contribution in [2.45, 2.75) is 0 Å². The van der Waals surface area contributed by atoms with E-state index in [0.29, 0.717) is 0 Å². The van der Waals surface area contributed by atoms with Crippen LogP contribution in [-0.2, 0) is 0 Å². The van der Waals surface area contributed by atoms with E-state index in [4.69, 9.17) is 4.42 Å². The van der Waals surface area contributed by atoms with Gasteiger partial charge in [-0.3, -0.25) is 0 Å². The zero-order chi connectivity index (χ0) is 32.3. The van der Waals surface area contributed by atoms with E-state index in [-0.39, 0.29) is 0 Å². The lowest BCUT2D eigenvalue weighted by molar-refractivity contribution is 0.669. The molecule has 3 nitrogen and oxygen atoms in total. The number of hydrogen-bond donors (Lipinski definition) is 0. The Morgan fingerprint density at radius 2 is 1.00 bits per heavy atom. The number of para-hydroxylation sites is 5. The maximum atomic E-state index is 6.84. The van der Waals surface area contributed by atoms with E-state index in [9.17, 15) is 0 Å². The normalized spacial score (nSPS) is 11.7. The summed E-state index contributed by atoms with van der Waals surface area (Å²) >= 11 is 0. The van der Waals surface area contributed by atoms with Crippen molar-refractivity contribution in [1.82, 2.24) is 4.57 Å². The summed E-state index contributed by atoms with van der Waals surface area (Å²) in [5.41, 5.74) is 10.9. The number of aromatic nitrogens is 1. The van der Waals surface area contributed by atoms with E-state index in [2.05, 4.69) is 191 Å². The van der Waals surface area contributed by atoms with Crippen LogP contribution in [0.4, 0.5) is 17.1 Å². The summed E-state index contributed by atoms with van der Waals surface area (Å²) in [6.45, 7) is 0. The molecule has 0 aliphatic heterocycles. The lowest BCUT2D eigenvalue weighted by Gasteiger charge is -2.26. The smallest absolute Gasteiger partial charge is 0.137 e. The third kappa shape index (κ3) is 4.23. The first-order valence-corrected chi connectivity index (χ1v) is 16.7. The van der Waals surface area contributed by atoms with Crippen molar-refractivity contribution in [3.8, 4) is 16.8 Å². The van der Waals surface area contributed by atoms with Gasteiger partial charge in [0.25, 0.3) is 0 Å². The molecule has 230 valence electrons. The average molecular weight is 627 g/mol. The van der Waals surface area contributed by atoms with Crippen LogP contribution in [0.15, 0.2) is 186 Å². The highest BCUT2D eigenvalue weighted by atomic mass is 16.3. The molecule has 3 heteroatoms. The maximum absolute atomic E-state index is 6.84. The highest BCUT2D eigenvalue weighted by molar-refractivity contribution is 6.27. The molecule has 0 N–H and O–H groups in total. The first-order valence-electron chi connectivity index (χ1n) is 16.7. The van der Waals surface area contributed by atoms with Crippen LogP contribution >= 0.6 is 0 Å². The molecule has 0 atom stereocenters. The van der Waals surface area contributed by atoms with Gasteiger partial charge in [0.15, 0.2) is 0 Å². The summed E-state index contributed by atoms with van der Waals surface area (Å²) in [5.74, 6) is 0. The first kappa shape index (κ1) is 27.5. The van der Waals surface area contributed by atoms with E-state index >= 15 is 0 Å². The SMILES string of the molecule is c1ccc(N(c2ccccc2)c2cccc3oc4cc(-c5cccc6c7ccccc7n(-c7ccccc7)c56)c5ccccc5c4c23)cc1. The van der Waals surface area contributed by atoms with Gasteiger partial charge in [-0.15, -0.1) is 0 Å². The van der Waals surface area contributed by atoms with E-state index in [0.717, 1.165) is 50.3 Å². The van der Waals surface area contributed by atoms with Gasteiger partial charge in [0, 0.05) is 38.8 Å². The van der Waals surface area contributed by atoms with Crippen molar-refractivity contribution in [1.29, 1.82) is 0 Å². The molecule has 0 saturated heterocycles. The Bertz CT molecular complexity index is 2770. The molecule has 0 saturated carbocycles. The van der Waals surface area contributed by atoms with Crippen LogP contribution in [0.3, 0.4) is 0 Å². The molecular formula is C46H30N2O. The molecular weight excluding hydrogens is 597 g/mol. The quantitative estimate of drug-likeness (QED) is 0.190. The minimum absolute atomic E-state index is 0.864. The Morgan fingerprint density at radius 3 is 1.73 bits per heavy atom. The van der Waals surface area contributed by atoms with Gasteiger partial charge in [0.1, 0.15) is 11.2 Å². The molecule has 8 aromatic carbocycles. The number of furan rings is 1. The van der Waals surface area contributed by atoms with E-state index in [1.807, 2.05) is 0 Å². The van der Waals surface area contributed by atoms with Crippen LogP contribution in [-0.4, -0.2) is 4.57 Å². The van der Waals surface area contributed by atoms with Crippen LogP contribution in [0, 0.1) is 0 Å². The zero-order valence-corrected chi connectivity index (χ0v) is 26.6. The van der Waals surface area contributed by atoms with Gasteiger partial charge in [0.2, 0.25) is 0 Å². The molecule has 0 fully saturated rings. The van der Waals surface area contributed by atoms with Crippen molar-refractivity contribution < 1.29 is 4.42 Å². The molecule has 10 rings (SSSR count). The van der Waals surface area contributed by atoms with Crippen molar-refractivity contribution in [2.75, 3.05) is 4.90 Å². The Kier molecular flexibility index (Phi) is 6.18. The highest BCUT2D eigenvalue weighted by Crippen LogP contribution is 2.48. The lowest BCUT2D eigenvalue weighted by Crippen LogP contribution is -2.09. The summed E-state index contributed by atoms with van der Waals surface area (Å²) in [7, 11) is 0. The van der Waals surface area contributed by atoms with Gasteiger partial charge in [-0.25, -0.2) is 0 Å². The molecule has 0 unspecified atom stereocenters. The molecule has 10 aromatic rings. The van der Waals surface area contributed by atoms with Gasteiger partial charge in [0.05, 0.1) is 22.1 Å².